The molecule has 0 bridgehead atoms. The molecule has 0 saturated heterocycles. The van der Waals surface area contributed by atoms with Gasteiger partial charge in [-0.1, -0.05) is 124 Å². The zero-order valence-corrected chi connectivity index (χ0v) is 29.6. The smallest absolute Gasteiger partial charge is 0.0656 e. The van der Waals surface area contributed by atoms with Gasteiger partial charge in [0, 0.05) is 0 Å². The lowest BCUT2D eigenvalue weighted by Gasteiger charge is -2.30. The van der Waals surface area contributed by atoms with Crippen LogP contribution >= 0.6 is 0 Å². The molecule has 0 saturated carbocycles. The van der Waals surface area contributed by atoms with Gasteiger partial charge >= 0.3 is 0 Å². The predicted molar refractivity (Wildman–Crippen MR) is 188 cm³/mol. The average molecular weight is 565 g/mol. The average Bonchev–Trinajstić information content (AvgIpc) is 2.76. The fraction of sp³-hybridized carbons (Fsp3) is 0.353. The summed E-state index contributed by atoms with van der Waals surface area (Å²) in [6, 6.07) is 20.3. The van der Waals surface area contributed by atoms with Crippen LogP contribution in [0.15, 0.2) is 48.5 Å². The van der Waals surface area contributed by atoms with Gasteiger partial charge in [-0.05, 0) is 78.1 Å². The molecular weight excluding hydrogens is 521 g/mol. The van der Waals surface area contributed by atoms with Gasteiger partial charge in [0.25, 0.3) is 0 Å². The molecule has 0 aliphatic carbocycles. The highest BCUT2D eigenvalue weighted by molar-refractivity contribution is 6.99. The monoisotopic (exact) mass is 564 g/mol. The fourth-order valence-electron chi connectivity index (χ4n) is 6.69. The van der Waals surface area contributed by atoms with Crippen molar-refractivity contribution in [3.63, 3.8) is 0 Å². The van der Waals surface area contributed by atoms with Crippen molar-refractivity contribution in [1.29, 1.82) is 0 Å². The third-order valence-corrected chi connectivity index (χ3v) is 17.4. The highest BCUT2D eigenvalue weighted by atomic mass is 28.3. The number of hydrogen-bond donors (Lipinski definition) is 0. The maximum absolute atomic E-state index is 2.60. The van der Waals surface area contributed by atoms with E-state index in [1.54, 1.807) is 20.7 Å². The van der Waals surface area contributed by atoms with E-state index in [1.165, 1.54) is 53.9 Å². The molecule has 6 aromatic rings. The van der Waals surface area contributed by atoms with Gasteiger partial charge in [-0.15, -0.1) is 0 Å². The highest BCUT2D eigenvalue weighted by Gasteiger charge is 2.31. The second kappa shape index (κ2) is 7.81. The topological polar surface area (TPSA) is 0 Å². The van der Waals surface area contributed by atoms with Crippen LogP contribution in [0.3, 0.4) is 0 Å². The molecule has 0 aromatic heterocycles. The molecule has 0 aliphatic rings. The lowest BCUT2D eigenvalue weighted by molar-refractivity contribution is 1.69. The Balaban J connectivity index is 1.62. The van der Waals surface area contributed by atoms with Crippen LogP contribution in [0.4, 0.5) is 0 Å². The van der Waals surface area contributed by atoms with Crippen LogP contribution < -0.4 is 20.7 Å². The zero-order valence-electron chi connectivity index (χ0n) is 25.6. The summed E-state index contributed by atoms with van der Waals surface area (Å²) in [5.74, 6) is 0. The molecule has 0 fully saturated rings. The normalized spacial score (nSPS) is 14.3. The van der Waals surface area contributed by atoms with Gasteiger partial charge in [0.2, 0.25) is 0 Å². The Hall–Kier alpha value is -1.99. The van der Waals surface area contributed by atoms with Crippen molar-refractivity contribution in [2.24, 2.45) is 0 Å². The van der Waals surface area contributed by atoms with Crippen LogP contribution in [0.25, 0.3) is 53.9 Å². The number of hydrogen-bond acceptors (Lipinski definition) is 0. The minimum atomic E-state index is -1.43. The molecule has 6 aromatic carbocycles. The van der Waals surface area contributed by atoms with Crippen molar-refractivity contribution in [3.05, 3.63) is 48.5 Å². The maximum Gasteiger partial charge on any atom is 0.0774 e. The molecule has 0 unspecified atom stereocenters. The maximum atomic E-state index is 2.60. The summed E-state index contributed by atoms with van der Waals surface area (Å²) in [7, 11) is -5.71. The van der Waals surface area contributed by atoms with Gasteiger partial charge in [0.15, 0.2) is 0 Å². The van der Waals surface area contributed by atoms with Crippen molar-refractivity contribution in [2.45, 2.75) is 78.6 Å². The van der Waals surface area contributed by atoms with Crippen molar-refractivity contribution in [2.75, 3.05) is 0 Å². The van der Waals surface area contributed by atoms with Crippen molar-refractivity contribution in [3.8, 4) is 0 Å². The van der Waals surface area contributed by atoms with Gasteiger partial charge in [0.05, 0.1) is 32.3 Å². The highest BCUT2D eigenvalue weighted by Crippen LogP contribution is 2.42. The Kier molecular flexibility index (Phi) is 5.39. The number of rotatable bonds is 4. The van der Waals surface area contributed by atoms with Crippen LogP contribution in [0.5, 0.6) is 0 Å². The predicted octanol–water partition coefficient (Wildman–Crippen LogP) is 8.51. The van der Waals surface area contributed by atoms with Crippen LogP contribution in [-0.4, -0.2) is 32.3 Å². The molecule has 0 amide bonds. The molecule has 0 N–H and O–H groups in total. The first-order valence-electron chi connectivity index (χ1n) is 14.4. The molecule has 0 atom stereocenters. The second-order valence-electron chi connectivity index (χ2n) is 16.0. The molecule has 0 spiro atoms. The van der Waals surface area contributed by atoms with Crippen molar-refractivity contribution >= 4 is 107 Å². The van der Waals surface area contributed by atoms with E-state index in [0.29, 0.717) is 0 Å². The van der Waals surface area contributed by atoms with E-state index in [-0.39, 0.29) is 0 Å². The third-order valence-electron chi connectivity index (χ3n) is 8.82. The first-order valence-corrected chi connectivity index (χ1v) is 28.4. The Bertz CT molecular complexity index is 1610. The molecule has 196 valence electrons. The van der Waals surface area contributed by atoms with Crippen LogP contribution in [-0.2, 0) is 0 Å². The third kappa shape index (κ3) is 3.86. The molecular formula is C34H44Si4. The standard InChI is InChI=1S/C34H44Si4/c1-35(2,3)31-17-27-23-13-21-15-25-26(16-22(21)14-24(23)28(27)18-32(31)36(4,5)6)30-20-34(38(10,11)12)33(19-29(25)30)37(7,8)9/h13-20H,1-12H3. The minimum Gasteiger partial charge on any atom is -0.0656 e. The molecule has 4 heteroatoms. The summed E-state index contributed by atoms with van der Waals surface area (Å²) in [6.07, 6.45) is 0. The Morgan fingerprint density at radius 3 is 0.579 bits per heavy atom. The Labute approximate surface area is 233 Å². The van der Waals surface area contributed by atoms with E-state index in [1.807, 2.05) is 0 Å². The van der Waals surface area contributed by atoms with E-state index in [0.717, 1.165) is 0 Å². The summed E-state index contributed by atoms with van der Waals surface area (Å²) in [4.78, 5) is 0. The van der Waals surface area contributed by atoms with Gasteiger partial charge < -0.3 is 0 Å². The summed E-state index contributed by atoms with van der Waals surface area (Å²) < 4.78 is 0. The molecule has 0 radical (unpaired) electrons. The van der Waals surface area contributed by atoms with Crippen LogP contribution in [0, 0.1) is 0 Å². The first-order chi connectivity index (χ1) is 17.4. The lowest BCUT2D eigenvalue weighted by atomic mass is 9.87. The first kappa shape index (κ1) is 26.2. The van der Waals surface area contributed by atoms with Gasteiger partial charge in [-0.2, -0.15) is 0 Å². The molecule has 6 rings (SSSR count). The van der Waals surface area contributed by atoms with E-state index >= 15 is 0 Å². The zero-order chi connectivity index (χ0) is 27.7. The minimum absolute atomic E-state index is 1.39. The van der Waals surface area contributed by atoms with Gasteiger partial charge in [-0.25, -0.2) is 0 Å². The Morgan fingerprint density at radius 1 is 0.263 bits per heavy atom. The summed E-state index contributed by atoms with van der Waals surface area (Å²) in [5.41, 5.74) is 0. The molecule has 0 aliphatic heterocycles. The molecule has 38 heavy (non-hydrogen) atoms. The largest absolute Gasteiger partial charge is 0.0774 e. The van der Waals surface area contributed by atoms with Gasteiger partial charge in [0.1, 0.15) is 0 Å². The van der Waals surface area contributed by atoms with Crippen molar-refractivity contribution < 1.29 is 0 Å². The SMILES string of the molecule is C[Si](C)(C)c1cc2c(cc1[Si](C)(C)C)c1cc3cc4c5cc([Si](C)(C)C)c([Si](C)(C)C)cc5c4cc3cc21. The second-order valence-corrected chi connectivity index (χ2v) is 36.2. The summed E-state index contributed by atoms with van der Waals surface area (Å²) >= 11 is 0. The summed E-state index contributed by atoms with van der Waals surface area (Å²) in [5, 5.41) is 21.3. The van der Waals surface area contributed by atoms with Gasteiger partial charge in [-0.3, -0.25) is 0 Å². The van der Waals surface area contributed by atoms with E-state index in [4.69, 9.17) is 0 Å². The number of fused-ring (bicyclic) bond motifs is 9. The molecule has 0 nitrogen and oxygen atoms in total. The number of benzene rings is 4. The van der Waals surface area contributed by atoms with Crippen LogP contribution in [0.2, 0.25) is 78.6 Å². The van der Waals surface area contributed by atoms with E-state index < -0.39 is 32.3 Å². The fourth-order valence-corrected chi connectivity index (χ4v) is 17.0. The molecule has 0 heterocycles. The lowest BCUT2D eigenvalue weighted by Crippen LogP contribution is -2.56. The quantitative estimate of drug-likeness (QED) is 0.188. The van der Waals surface area contributed by atoms with E-state index in [2.05, 4.69) is 127 Å². The van der Waals surface area contributed by atoms with E-state index in [9.17, 15) is 0 Å². The van der Waals surface area contributed by atoms with Crippen LogP contribution in [0.1, 0.15) is 0 Å². The summed E-state index contributed by atoms with van der Waals surface area (Å²) in [6.45, 7) is 30.1. The Morgan fingerprint density at radius 2 is 0.421 bits per heavy atom. The van der Waals surface area contributed by atoms with Crippen molar-refractivity contribution in [1.82, 2.24) is 0 Å².